The van der Waals surface area contributed by atoms with E-state index in [-0.39, 0.29) is 16.3 Å². The summed E-state index contributed by atoms with van der Waals surface area (Å²) in [6, 6.07) is 6.37. The fourth-order valence-corrected chi connectivity index (χ4v) is 3.01. The van der Waals surface area contributed by atoms with Crippen molar-refractivity contribution in [2.24, 2.45) is 0 Å². The molecule has 116 valence electrons. The van der Waals surface area contributed by atoms with Gasteiger partial charge in [-0.3, -0.25) is 19.8 Å². The molecule has 0 amide bonds. The van der Waals surface area contributed by atoms with E-state index in [2.05, 4.69) is 9.71 Å². The van der Waals surface area contributed by atoms with Crippen molar-refractivity contribution in [1.82, 2.24) is 4.98 Å². The van der Waals surface area contributed by atoms with Gasteiger partial charge in [-0.1, -0.05) is 0 Å². The Balaban J connectivity index is 2.43. The molecule has 0 radical (unpaired) electrons. The van der Waals surface area contributed by atoms with E-state index in [1.54, 1.807) is 13.0 Å². The number of nitrogens with zero attached hydrogens (tertiary/aromatic N) is 2. The Labute approximate surface area is 127 Å². The summed E-state index contributed by atoms with van der Waals surface area (Å²) in [5.41, 5.74) is 0.735. The Morgan fingerprint density at radius 2 is 2.00 bits per heavy atom. The fraction of sp³-hybridized carbons (Fsp3) is 0.154. The molecule has 1 heterocycles. The van der Waals surface area contributed by atoms with E-state index in [0.29, 0.717) is 11.4 Å². The topological polar surface area (TPSA) is 111 Å². The van der Waals surface area contributed by atoms with Crippen molar-refractivity contribution in [2.45, 2.75) is 11.8 Å². The zero-order chi connectivity index (χ0) is 16.3. The van der Waals surface area contributed by atoms with Gasteiger partial charge in [-0.2, -0.15) is 0 Å². The Bertz CT molecular complexity index is 820. The molecule has 2 aromatic rings. The van der Waals surface area contributed by atoms with Crippen LogP contribution in [0.1, 0.15) is 5.69 Å². The van der Waals surface area contributed by atoms with Gasteiger partial charge in [0.15, 0.2) is 0 Å². The van der Waals surface area contributed by atoms with Crippen molar-refractivity contribution in [2.75, 3.05) is 11.8 Å². The summed E-state index contributed by atoms with van der Waals surface area (Å²) in [5.74, 6) is -0.104. The van der Waals surface area contributed by atoms with Crippen LogP contribution >= 0.6 is 0 Å². The predicted molar refractivity (Wildman–Crippen MR) is 79.4 cm³/mol. The molecule has 8 nitrogen and oxygen atoms in total. The highest BCUT2D eigenvalue weighted by Gasteiger charge is 2.22. The van der Waals surface area contributed by atoms with Crippen LogP contribution in [0.5, 0.6) is 5.75 Å². The normalized spacial score (nSPS) is 11.0. The van der Waals surface area contributed by atoms with E-state index in [0.717, 1.165) is 18.2 Å². The van der Waals surface area contributed by atoms with E-state index in [4.69, 9.17) is 4.74 Å². The maximum atomic E-state index is 12.4. The first kappa shape index (κ1) is 15.7. The average molecular weight is 323 g/mol. The second kappa shape index (κ2) is 5.98. The van der Waals surface area contributed by atoms with Crippen molar-refractivity contribution in [3.8, 4) is 5.75 Å². The molecule has 9 heteroatoms. The van der Waals surface area contributed by atoms with Gasteiger partial charge in [0.25, 0.3) is 15.7 Å². The largest absolute Gasteiger partial charge is 0.495 e. The van der Waals surface area contributed by atoms with Crippen LogP contribution in [0.2, 0.25) is 0 Å². The summed E-state index contributed by atoms with van der Waals surface area (Å²) in [6.45, 7) is 1.73. The second-order valence-corrected chi connectivity index (χ2v) is 6.03. The van der Waals surface area contributed by atoms with Crippen LogP contribution in [0.4, 0.5) is 11.4 Å². The smallest absolute Gasteiger partial charge is 0.273 e. The lowest BCUT2D eigenvalue weighted by Gasteiger charge is -2.11. The van der Waals surface area contributed by atoms with E-state index < -0.39 is 14.9 Å². The number of nitro benzene ring substituents is 1. The molecule has 1 aromatic heterocycles. The minimum Gasteiger partial charge on any atom is -0.495 e. The number of aryl methyl sites for hydroxylation is 1. The number of rotatable bonds is 5. The molecule has 0 aliphatic heterocycles. The lowest BCUT2D eigenvalue weighted by molar-refractivity contribution is -0.385. The Morgan fingerprint density at radius 1 is 1.27 bits per heavy atom. The maximum Gasteiger partial charge on any atom is 0.273 e. The minimum atomic E-state index is -3.94. The molecule has 0 saturated heterocycles. The summed E-state index contributed by atoms with van der Waals surface area (Å²) in [4.78, 5) is 13.9. The summed E-state index contributed by atoms with van der Waals surface area (Å²) in [5, 5.41) is 10.7. The van der Waals surface area contributed by atoms with Gasteiger partial charge in [0, 0.05) is 18.0 Å². The zero-order valence-corrected chi connectivity index (χ0v) is 12.6. The molecule has 0 unspecified atom stereocenters. The SMILES string of the molecule is COc1cc([N+](=O)[O-])ccc1S(=O)(=O)Nc1ccnc(C)c1. The van der Waals surface area contributed by atoms with E-state index in [1.165, 1.54) is 19.4 Å². The number of pyridine rings is 1. The van der Waals surface area contributed by atoms with Crippen LogP contribution < -0.4 is 9.46 Å². The second-order valence-electron chi connectivity index (χ2n) is 4.38. The van der Waals surface area contributed by atoms with Gasteiger partial charge in [-0.05, 0) is 25.1 Å². The van der Waals surface area contributed by atoms with Crippen molar-refractivity contribution >= 4 is 21.4 Å². The monoisotopic (exact) mass is 323 g/mol. The molecule has 0 aliphatic rings. The number of sulfonamides is 1. The number of non-ortho nitro benzene ring substituents is 1. The number of nitrogens with one attached hydrogen (secondary N) is 1. The van der Waals surface area contributed by atoms with Crippen molar-refractivity contribution in [3.05, 3.63) is 52.3 Å². The number of nitro groups is 1. The maximum absolute atomic E-state index is 12.4. The van der Waals surface area contributed by atoms with Gasteiger partial charge in [0.2, 0.25) is 0 Å². The molecule has 0 bridgehead atoms. The molecule has 1 aromatic carbocycles. The van der Waals surface area contributed by atoms with Crippen LogP contribution in [-0.2, 0) is 10.0 Å². The third-order valence-corrected chi connectivity index (χ3v) is 4.22. The number of hydrogen-bond donors (Lipinski definition) is 1. The van der Waals surface area contributed by atoms with Gasteiger partial charge in [-0.25, -0.2) is 8.42 Å². The van der Waals surface area contributed by atoms with Gasteiger partial charge in [0.05, 0.1) is 23.8 Å². The molecule has 22 heavy (non-hydrogen) atoms. The highest BCUT2D eigenvalue weighted by molar-refractivity contribution is 7.92. The third kappa shape index (κ3) is 3.31. The predicted octanol–water partition coefficient (Wildman–Crippen LogP) is 2.11. The van der Waals surface area contributed by atoms with Crippen LogP contribution in [0, 0.1) is 17.0 Å². The molecule has 0 spiro atoms. The zero-order valence-electron chi connectivity index (χ0n) is 11.8. The third-order valence-electron chi connectivity index (χ3n) is 2.80. The standard InChI is InChI=1S/C13H13N3O5S/c1-9-7-10(5-6-14-9)15-22(19,20)13-4-3-11(16(17)18)8-12(13)21-2/h3-8H,1-2H3,(H,14,15). The van der Waals surface area contributed by atoms with Crippen molar-refractivity contribution < 1.29 is 18.1 Å². The van der Waals surface area contributed by atoms with Gasteiger partial charge in [-0.15, -0.1) is 0 Å². The van der Waals surface area contributed by atoms with Gasteiger partial charge >= 0.3 is 0 Å². The minimum absolute atomic E-state index is 0.104. The van der Waals surface area contributed by atoms with Crippen molar-refractivity contribution in [3.63, 3.8) is 0 Å². The molecule has 2 rings (SSSR count). The molecule has 0 aliphatic carbocycles. The highest BCUT2D eigenvalue weighted by atomic mass is 32.2. The number of anilines is 1. The quantitative estimate of drug-likeness (QED) is 0.666. The molecule has 1 N–H and O–H groups in total. The number of aromatic nitrogens is 1. The first-order valence-electron chi connectivity index (χ1n) is 6.11. The number of methoxy groups -OCH3 is 1. The molecule has 0 atom stereocenters. The molecule has 0 fully saturated rings. The first-order chi connectivity index (χ1) is 10.3. The molecular formula is C13H13N3O5S. The van der Waals surface area contributed by atoms with Crippen LogP contribution in [0.25, 0.3) is 0 Å². The van der Waals surface area contributed by atoms with Crippen LogP contribution in [0.3, 0.4) is 0 Å². The van der Waals surface area contributed by atoms with Crippen LogP contribution in [0.15, 0.2) is 41.4 Å². The summed E-state index contributed by atoms with van der Waals surface area (Å²) < 4.78 is 32.1. The first-order valence-corrected chi connectivity index (χ1v) is 7.60. The Morgan fingerprint density at radius 3 is 2.59 bits per heavy atom. The van der Waals surface area contributed by atoms with Crippen molar-refractivity contribution in [1.29, 1.82) is 0 Å². The van der Waals surface area contributed by atoms with E-state index in [9.17, 15) is 18.5 Å². The number of benzene rings is 1. The summed E-state index contributed by atoms with van der Waals surface area (Å²) in [7, 11) is -2.70. The fourth-order valence-electron chi connectivity index (χ4n) is 1.81. The van der Waals surface area contributed by atoms with E-state index in [1.807, 2.05) is 0 Å². The lowest BCUT2D eigenvalue weighted by atomic mass is 10.3. The lowest BCUT2D eigenvalue weighted by Crippen LogP contribution is -2.14. The Hall–Kier alpha value is -2.68. The van der Waals surface area contributed by atoms with Gasteiger partial charge in [0.1, 0.15) is 10.6 Å². The van der Waals surface area contributed by atoms with Crippen LogP contribution in [-0.4, -0.2) is 25.4 Å². The highest BCUT2D eigenvalue weighted by Crippen LogP contribution is 2.29. The van der Waals surface area contributed by atoms with E-state index >= 15 is 0 Å². The number of ether oxygens (including phenoxy) is 1. The molecule has 0 saturated carbocycles. The number of hydrogen-bond acceptors (Lipinski definition) is 6. The Kier molecular flexibility index (Phi) is 4.27. The average Bonchev–Trinajstić information content (AvgIpc) is 2.46. The van der Waals surface area contributed by atoms with Gasteiger partial charge < -0.3 is 4.74 Å². The summed E-state index contributed by atoms with van der Waals surface area (Å²) >= 11 is 0. The molecular weight excluding hydrogens is 310 g/mol. The summed E-state index contributed by atoms with van der Waals surface area (Å²) in [6.07, 6.45) is 1.47.